The molecule has 3 rings (SSSR count). The Labute approximate surface area is 147 Å². The summed E-state index contributed by atoms with van der Waals surface area (Å²) >= 11 is 0. The zero-order chi connectivity index (χ0) is 18.0. The molecule has 1 aliphatic rings. The Hall–Kier alpha value is -2.60. The molecule has 0 saturated heterocycles. The molecule has 0 N–H and O–H groups in total. The first kappa shape index (κ1) is 17.2. The number of nitrogens with zero attached hydrogens (tertiary/aromatic N) is 2. The van der Waals surface area contributed by atoms with Gasteiger partial charge in [-0.1, -0.05) is 12.1 Å². The molecule has 1 heterocycles. The van der Waals surface area contributed by atoms with Crippen LogP contribution in [0.25, 0.3) is 0 Å². The fourth-order valence-corrected chi connectivity index (χ4v) is 3.44. The molecule has 1 atom stereocenters. The van der Waals surface area contributed by atoms with Crippen molar-refractivity contribution in [1.29, 1.82) is 0 Å². The van der Waals surface area contributed by atoms with Crippen LogP contribution in [0.4, 0.5) is 5.69 Å². The lowest BCUT2D eigenvalue weighted by atomic mass is 9.88. The molecule has 25 heavy (non-hydrogen) atoms. The molecule has 2 aromatic rings. The summed E-state index contributed by atoms with van der Waals surface area (Å²) in [5.74, 6) is 1.44. The normalized spacial score (nSPS) is 17.0. The van der Waals surface area contributed by atoms with Crippen LogP contribution in [-0.4, -0.2) is 37.6 Å². The van der Waals surface area contributed by atoms with Gasteiger partial charge in [-0.05, 0) is 48.7 Å². The van der Waals surface area contributed by atoms with Gasteiger partial charge in [0.2, 0.25) is 0 Å². The molecule has 2 aromatic carbocycles. The maximum Gasteiger partial charge on any atom is 0.269 e. The first-order valence-corrected chi connectivity index (χ1v) is 8.22. The second-order valence-electron chi connectivity index (χ2n) is 6.28. The van der Waals surface area contributed by atoms with Crippen LogP contribution < -0.4 is 9.47 Å². The molecule has 0 saturated carbocycles. The highest BCUT2D eigenvalue weighted by atomic mass is 16.6. The molecule has 6 heteroatoms. The van der Waals surface area contributed by atoms with Crippen molar-refractivity contribution >= 4 is 5.69 Å². The van der Waals surface area contributed by atoms with Crippen molar-refractivity contribution < 1.29 is 14.4 Å². The van der Waals surface area contributed by atoms with Crippen LogP contribution in [0.3, 0.4) is 0 Å². The summed E-state index contributed by atoms with van der Waals surface area (Å²) in [4.78, 5) is 13.0. The smallest absolute Gasteiger partial charge is 0.269 e. The van der Waals surface area contributed by atoms with Crippen molar-refractivity contribution in [2.75, 3.05) is 27.8 Å². The number of ether oxygens (including phenoxy) is 2. The fraction of sp³-hybridized carbons (Fsp3) is 0.368. The van der Waals surface area contributed by atoms with Crippen LogP contribution >= 0.6 is 0 Å². The molecule has 0 aromatic heterocycles. The van der Waals surface area contributed by atoms with E-state index in [1.165, 1.54) is 17.2 Å². The molecule has 0 amide bonds. The molecule has 0 bridgehead atoms. The van der Waals surface area contributed by atoms with Gasteiger partial charge in [0.15, 0.2) is 11.5 Å². The minimum Gasteiger partial charge on any atom is -0.493 e. The summed E-state index contributed by atoms with van der Waals surface area (Å²) in [5.41, 5.74) is 3.52. The van der Waals surface area contributed by atoms with E-state index in [0.717, 1.165) is 24.3 Å². The van der Waals surface area contributed by atoms with Crippen LogP contribution in [0.2, 0.25) is 0 Å². The molecule has 0 spiro atoms. The summed E-state index contributed by atoms with van der Waals surface area (Å²) in [5, 5.41) is 11.0. The zero-order valence-electron chi connectivity index (χ0n) is 14.7. The van der Waals surface area contributed by atoms with E-state index in [1.54, 1.807) is 26.4 Å². The van der Waals surface area contributed by atoms with Gasteiger partial charge in [0, 0.05) is 24.7 Å². The summed E-state index contributed by atoms with van der Waals surface area (Å²) in [6.07, 6.45) is 1.65. The van der Waals surface area contributed by atoms with Crippen LogP contribution in [-0.2, 0) is 12.8 Å². The van der Waals surface area contributed by atoms with Gasteiger partial charge in [-0.3, -0.25) is 15.0 Å². The standard InChI is InChI=1S/C19H22N2O4/c1-20-8-7-14-11-18(24-2)19(25-3)12-16(14)17(20)10-13-5-4-6-15(9-13)21(22)23/h4-6,9,11-12,17H,7-8,10H2,1-3H3. The third kappa shape index (κ3) is 3.44. The first-order chi connectivity index (χ1) is 12.0. The Morgan fingerprint density at radius 2 is 1.92 bits per heavy atom. The van der Waals surface area contributed by atoms with Crippen LogP contribution in [0.15, 0.2) is 36.4 Å². The van der Waals surface area contributed by atoms with Crippen molar-refractivity contribution in [2.45, 2.75) is 18.9 Å². The average molecular weight is 342 g/mol. The van der Waals surface area contributed by atoms with Gasteiger partial charge in [0.1, 0.15) is 0 Å². The van der Waals surface area contributed by atoms with Crippen LogP contribution in [0.1, 0.15) is 22.7 Å². The minimum atomic E-state index is -0.351. The molecule has 0 radical (unpaired) electrons. The molecular formula is C19H22N2O4. The summed E-state index contributed by atoms with van der Waals surface area (Å²) in [7, 11) is 5.35. The van der Waals surface area contributed by atoms with Crippen molar-refractivity contribution in [3.8, 4) is 11.5 Å². The first-order valence-electron chi connectivity index (χ1n) is 8.22. The number of nitro benzene ring substituents is 1. The SMILES string of the molecule is COc1cc2c(cc1OC)C(Cc1cccc([N+](=O)[O-])c1)N(C)CC2. The second-order valence-corrected chi connectivity index (χ2v) is 6.28. The van der Waals surface area contributed by atoms with E-state index in [4.69, 9.17) is 9.47 Å². The van der Waals surface area contributed by atoms with Gasteiger partial charge in [-0.25, -0.2) is 0 Å². The number of nitro groups is 1. The van der Waals surface area contributed by atoms with Gasteiger partial charge >= 0.3 is 0 Å². The number of benzene rings is 2. The Kier molecular flexibility index (Phi) is 4.90. The number of methoxy groups -OCH3 is 2. The van der Waals surface area contributed by atoms with E-state index < -0.39 is 0 Å². The fourth-order valence-electron chi connectivity index (χ4n) is 3.44. The zero-order valence-corrected chi connectivity index (χ0v) is 14.7. The quantitative estimate of drug-likeness (QED) is 0.616. The highest BCUT2D eigenvalue weighted by Crippen LogP contribution is 2.39. The van der Waals surface area contributed by atoms with Crippen LogP contribution in [0, 0.1) is 10.1 Å². The lowest BCUT2D eigenvalue weighted by Gasteiger charge is -2.35. The van der Waals surface area contributed by atoms with E-state index in [-0.39, 0.29) is 16.7 Å². The monoisotopic (exact) mass is 342 g/mol. The number of rotatable bonds is 5. The Balaban J connectivity index is 1.97. The molecule has 0 fully saturated rings. The average Bonchev–Trinajstić information content (AvgIpc) is 2.63. The van der Waals surface area contributed by atoms with Crippen molar-refractivity contribution in [3.63, 3.8) is 0 Å². The Bertz CT molecular complexity index is 791. The predicted molar refractivity (Wildman–Crippen MR) is 95.4 cm³/mol. The Morgan fingerprint density at radius 3 is 2.60 bits per heavy atom. The highest BCUT2D eigenvalue weighted by molar-refractivity contribution is 5.50. The van der Waals surface area contributed by atoms with E-state index in [2.05, 4.69) is 11.9 Å². The minimum absolute atomic E-state index is 0.128. The molecule has 1 unspecified atom stereocenters. The molecule has 0 aliphatic carbocycles. The van der Waals surface area contributed by atoms with E-state index in [0.29, 0.717) is 12.2 Å². The number of likely N-dealkylation sites (N-methyl/N-ethyl adjacent to an activating group) is 1. The van der Waals surface area contributed by atoms with Gasteiger partial charge in [-0.2, -0.15) is 0 Å². The summed E-state index contributed by atoms with van der Waals surface area (Å²) in [6.45, 7) is 0.933. The number of fused-ring (bicyclic) bond motifs is 1. The third-order valence-electron chi connectivity index (χ3n) is 4.82. The highest BCUT2D eigenvalue weighted by Gasteiger charge is 2.27. The van der Waals surface area contributed by atoms with E-state index in [9.17, 15) is 10.1 Å². The number of hydrogen-bond acceptors (Lipinski definition) is 5. The number of hydrogen-bond donors (Lipinski definition) is 0. The van der Waals surface area contributed by atoms with Crippen molar-refractivity contribution in [1.82, 2.24) is 4.90 Å². The largest absolute Gasteiger partial charge is 0.493 e. The molecule has 6 nitrogen and oxygen atoms in total. The lowest BCUT2D eigenvalue weighted by molar-refractivity contribution is -0.384. The van der Waals surface area contributed by atoms with Crippen LogP contribution in [0.5, 0.6) is 11.5 Å². The maximum absolute atomic E-state index is 11.0. The molecule has 1 aliphatic heterocycles. The summed E-state index contributed by atoms with van der Waals surface area (Å²) in [6, 6.07) is 11.1. The number of non-ortho nitro benzene ring substituents is 1. The van der Waals surface area contributed by atoms with Gasteiger partial charge in [0.05, 0.1) is 19.1 Å². The Morgan fingerprint density at radius 1 is 1.20 bits per heavy atom. The van der Waals surface area contributed by atoms with Crippen molar-refractivity contribution in [3.05, 3.63) is 63.2 Å². The van der Waals surface area contributed by atoms with Gasteiger partial charge < -0.3 is 9.47 Å². The van der Waals surface area contributed by atoms with Gasteiger partial charge in [0.25, 0.3) is 5.69 Å². The van der Waals surface area contributed by atoms with E-state index in [1.807, 2.05) is 18.2 Å². The lowest BCUT2D eigenvalue weighted by Crippen LogP contribution is -2.33. The third-order valence-corrected chi connectivity index (χ3v) is 4.82. The van der Waals surface area contributed by atoms with E-state index >= 15 is 0 Å². The van der Waals surface area contributed by atoms with Gasteiger partial charge in [-0.15, -0.1) is 0 Å². The van der Waals surface area contributed by atoms with Crippen molar-refractivity contribution in [2.24, 2.45) is 0 Å². The maximum atomic E-state index is 11.0. The molecule has 132 valence electrons. The predicted octanol–water partition coefficient (Wildman–Crippen LogP) is 3.38. The second kappa shape index (κ2) is 7.11. The topological polar surface area (TPSA) is 64.8 Å². The molecular weight excluding hydrogens is 320 g/mol. The summed E-state index contributed by atoms with van der Waals surface area (Å²) < 4.78 is 10.9.